The molecule has 1 saturated carbocycles. The summed E-state index contributed by atoms with van der Waals surface area (Å²) in [6, 6.07) is 8.84. The monoisotopic (exact) mass is 306 g/mol. The van der Waals surface area contributed by atoms with Crippen molar-refractivity contribution in [2.24, 2.45) is 0 Å². The van der Waals surface area contributed by atoms with Crippen molar-refractivity contribution in [2.75, 3.05) is 7.11 Å². The molecule has 0 bridgehead atoms. The third kappa shape index (κ3) is 5.66. The number of benzene rings is 1. The van der Waals surface area contributed by atoms with Gasteiger partial charge in [0.1, 0.15) is 5.60 Å². The minimum atomic E-state index is -0.453. The normalized spacial score (nSPS) is 20.5. The Kier molecular flexibility index (Phi) is 5.42. The number of amides is 1. The second kappa shape index (κ2) is 7.11. The molecule has 1 aromatic carbocycles. The molecule has 2 unspecified atom stereocenters. The van der Waals surface area contributed by atoms with E-state index < -0.39 is 5.60 Å². The standard InChI is InChI=1S/C17H26N2O3/c1-17(2,3)22-16(20)19-15-9-14(15)18-10-12-5-7-13(8-6-12)11-21-4/h5-8,14-15,18H,9-11H2,1-4H3,(H,19,20). The van der Waals surface area contributed by atoms with Crippen LogP contribution in [0, 0.1) is 0 Å². The van der Waals surface area contributed by atoms with E-state index in [1.807, 2.05) is 20.8 Å². The van der Waals surface area contributed by atoms with E-state index in [1.165, 1.54) is 11.1 Å². The van der Waals surface area contributed by atoms with Crippen molar-refractivity contribution in [3.8, 4) is 0 Å². The van der Waals surface area contributed by atoms with Gasteiger partial charge in [-0.1, -0.05) is 24.3 Å². The van der Waals surface area contributed by atoms with Crippen LogP contribution in [0.5, 0.6) is 0 Å². The molecule has 1 aliphatic carbocycles. The molecule has 22 heavy (non-hydrogen) atoms. The zero-order valence-electron chi connectivity index (χ0n) is 13.8. The van der Waals surface area contributed by atoms with Crippen molar-refractivity contribution in [1.82, 2.24) is 10.6 Å². The molecule has 122 valence electrons. The Labute approximate surface area is 132 Å². The van der Waals surface area contributed by atoms with Gasteiger partial charge in [0, 0.05) is 25.7 Å². The molecule has 5 heteroatoms. The molecule has 0 heterocycles. The first-order valence-electron chi connectivity index (χ1n) is 7.67. The number of carbonyl (C=O) groups excluding carboxylic acids is 1. The van der Waals surface area contributed by atoms with E-state index in [0.29, 0.717) is 12.6 Å². The topological polar surface area (TPSA) is 59.6 Å². The molecular formula is C17H26N2O3. The van der Waals surface area contributed by atoms with Crippen LogP contribution in [0.4, 0.5) is 4.79 Å². The minimum Gasteiger partial charge on any atom is -0.444 e. The highest BCUT2D eigenvalue weighted by Gasteiger charge is 2.38. The summed E-state index contributed by atoms with van der Waals surface area (Å²) in [6.07, 6.45) is 0.604. The Bertz CT molecular complexity index is 494. The predicted octanol–water partition coefficient (Wildman–Crippen LogP) is 2.59. The second-order valence-electron chi connectivity index (χ2n) is 6.73. The largest absolute Gasteiger partial charge is 0.444 e. The zero-order chi connectivity index (χ0) is 16.2. The maximum Gasteiger partial charge on any atom is 0.407 e. The molecule has 2 atom stereocenters. The van der Waals surface area contributed by atoms with Crippen molar-refractivity contribution in [3.63, 3.8) is 0 Å². The van der Waals surface area contributed by atoms with Gasteiger partial charge in [-0.05, 0) is 38.3 Å². The lowest BCUT2D eigenvalue weighted by Crippen LogP contribution is -2.36. The molecule has 2 rings (SSSR count). The molecule has 0 saturated heterocycles. The Balaban J connectivity index is 1.68. The Morgan fingerprint density at radius 3 is 2.41 bits per heavy atom. The second-order valence-corrected chi connectivity index (χ2v) is 6.73. The fourth-order valence-electron chi connectivity index (χ4n) is 2.21. The number of carbonyl (C=O) groups is 1. The quantitative estimate of drug-likeness (QED) is 0.848. The average molecular weight is 306 g/mol. The van der Waals surface area contributed by atoms with Crippen LogP contribution in [0.2, 0.25) is 0 Å². The fraction of sp³-hybridized carbons (Fsp3) is 0.588. The number of ether oxygens (including phenoxy) is 2. The average Bonchev–Trinajstić information content (AvgIpc) is 3.14. The van der Waals surface area contributed by atoms with E-state index in [1.54, 1.807) is 7.11 Å². The lowest BCUT2D eigenvalue weighted by molar-refractivity contribution is 0.0522. The number of hydrogen-bond donors (Lipinski definition) is 2. The summed E-state index contributed by atoms with van der Waals surface area (Å²) in [5.74, 6) is 0. The van der Waals surface area contributed by atoms with Gasteiger partial charge in [-0.25, -0.2) is 4.79 Å². The first-order valence-corrected chi connectivity index (χ1v) is 7.67. The van der Waals surface area contributed by atoms with Crippen LogP contribution in [0.3, 0.4) is 0 Å². The van der Waals surface area contributed by atoms with E-state index in [2.05, 4.69) is 34.9 Å². The molecule has 0 spiro atoms. The van der Waals surface area contributed by atoms with Crippen molar-refractivity contribution < 1.29 is 14.3 Å². The van der Waals surface area contributed by atoms with Crippen LogP contribution in [0.15, 0.2) is 24.3 Å². The molecule has 1 fully saturated rings. The number of nitrogens with one attached hydrogen (secondary N) is 2. The summed E-state index contributed by atoms with van der Waals surface area (Å²) in [7, 11) is 1.69. The van der Waals surface area contributed by atoms with Gasteiger partial charge in [-0.3, -0.25) is 0 Å². The summed E-state index contributed by atoms with van der Waals surface area (Å²) in [5.41, 5.74) is 1.94. The number of alkyl carbamates (subject to hydrolysis) is 1. The minimum absolute atomic E-state index is 0.169. The highest BCUT2D eigenvalue weighted by Crippen LogP contribution is 2.22. The number of rotatable bonds is 6. The van der Waals surface area contributed by atoms with Crippen molar-refractivity contribution >= 4 is 6.09 Å². The van der Waals surface area contributed by atoms with Gasteiger partial charge in [0.05, 0.1) is 6.61 Å². The maximum absolute atomic E-state index is 11.7. The third-order valence-electron chi connectivity index (χ3n) is 3.39. The van der Waals surface area contributed by atoms with Gasteiger partial charge >= 0.3 is 6.09 Å². The van der Waals surface area contributed by atoms with Crippen molar-refractivity contribution in [3.05, 3.63) is 35.4 Å². The van der Waals surface area contributed by atoms with E-state index in [0.717, 1.165) is 13.0 Å². The third-order valence-corrected chi connectivity index (χ3v) is 3.39. The Morgan fingerprint density at radius 2 is 1.82 bits per heavy atom. The Morgan fingerprint density at radius 1 is 1.18 bits per heavy atom. The van der Waals surface area contributed by atoms with Gasteiger partial charge in [-0.15, -0.1) is 0 Å². The van der Waals surface area contributed by atoms with E-state index in [4.69, 9.17) is 9.47 Å². The molecule has 1 amide bonds. The van der Waals surface area contributed by atoms with Gasteiger partial charge in [0.2, 0.25) is 0 Å². The lowest BCUT2D eigenvalue weighted by Gasteiger charge is -2.19. The van der Waals surface area contributed by atoms with Crippen LogP contribution < -0.4 is 10.6 Å². The molecule has 5 nitrogen and oxygen atoms in total. The summed E-state index contributed by atoms with van der Waals surface area (Å²) in [6.45, 7) is 7.02. The lowest BCUT2D eigenvalue weighted by atomic mass is 10.1. The van der Waals surface area contributed by atoms with Crippen LogP contribution >= 0.6 is 0 Å². The SMILES string of the molecule is COCc1ccc(CNC2CC2NC(=O)OC(C)(C)C)cc1. The molecule has 0 aromatic heterocycles. The molecule has 1 aromatic rings. The first-order chi connectivity index (χ1) is 10.4. The number of methoxy groups -OCH3 is 1. The zero-order valence-corrected chi connectivity index (χ0v) is 13.8. The van der Waals surface area contributed by atoms with Crippen LogP contribution in [0.1, 0.15) is 38.3 Å². The van der Waals surface area contributed by atoms with Crippen molar-refractivity contribution in [1.29, 1.82) is 0 Å². The molecule has 0 radical (unpaired) electrons. The fourth-order valence-corrected chi connectivity index (χ4v) is 2.21. The van der Waals surface area contributed by atoms with Crippen LogP contribution in [-0.2, 0) is 22.6 Å². The van der Waals surface area contributed by atoms with Gasteiger partial charge in [-0.2, -0.15) is 0 Å². The smallest absolute Gasteiger partial charge is 0.407 e. The van der Waals surface area contributed by atoms with Crippen molar-refractivity contribution in [2.45, 2.75) is 58.0 Å². The highest BCUT2D eigenvalue weighted by molar-refractivity contribution is 5.68. The summed E-state index contributed by atoms with van der Waals surface area (Å²) >= 11 is 0. The Hall–Kier alpha value is -1.59. The number of hydrogen-bond acceptors (Lipinski definition) is 4. The first kappa shape index (κ1) is 16.8. The van der Waals surface area contributed by atoms with Gasteiger partial charge in [0.25, 0.3) is 0 Å². The van der Waals surface area contributed by atoms with Gasteiger partial charge < -0.3 is 20.1 Å². The molecule has 0 aliphatic heterocycles. The summed E-state index contributed by atoms with van der Waals surface area (Å²) in [4.78, 5) is 11.7. The summed E-state index contributed by atoms with van der Waals surface area (Å²) in [5, 5.41) is 6.32. The highest BCUT2D eigenvalue weighted by atomic mass is 16.6. The molecule has 1 aliphatic rings. The van der Waals surface area contributed by atoms with Crippen LogP contribution in [-0.4, -0.2) is 30.9 Å². The van der Waals surface area contributed by atoms with E-state index >= 15 is 0 Å². The predicted molar refractivity (Wildman–Crippen MR) is 85.6 cm³/mol. The summed E-state index contributed by atoms with van der Waals surface area (Å²) < 4.78 is 10.3. The molecular weight excluding hydrogens is 280 g/mol. The van der Waals surface area contributed by atoms with E-state index in [9.17, 15) is 4.79 Å². The van der Waals surface area contributed by atoms with Gasteiger partial charge in [0.15, 0.2) is 0 Å². The maximum atomic E-state index is 11.7. The van der Waals surface area contributed by atoms with E-state index in [-0.39, 0.29) is 12.1 Å². The van der Waals surface area contributed by atoms with Crippen LogP contribution in [0.25, 0.3) is 0 Å². The molecule has 2 N–H and O–H groups in total.